The fourth-order valence-corrected chi connectivity index (χ4v) is 2.29. The molecule has 0 aliphatic heterocycles. The van der Waals surface area contributed by atoms with Crippen molar-refractivity contribution >= 4 is 0 Å². The summed E-state index contributed by atoms with van der Waals surface area (Å²) in [7, 11) is 1.91. The molecule has 3 aromatic rings. The molecule has 2 heterocycles. The van der Waals surface area contributed by atoms with Crippen LogP contribution in [-0.4, -0.2) is 14.8 Å². The SMILES string of the molecule is Cn1cc(CN)c(-c2ccc(-c3ccncc3)cc2)n1. The lowest BCUT2D eigenvalue weighted by Gasteiger charge is -2.04. The molecule has 0 saturated heterocycles. The zero-order valence-corrected chi connectivity index (χ0v) is 11.3. The Morgan fingerprint density at radius 2 is 1.55 bits per heavy atom. The van der Waals surface area contributed by atoms with Crippen LogP contribution in [0.4, 0.5) is 0 Å². The maximum absolute atomic E-state index is 5.76. The molecule has 1 aromatic carbocycles. The average molecular weight is 264 g/mol. The second-order valence-corrected chi connectivity index (χ2v) is 4.69. The number of pyridine rings is 1. The van der Waals surface area contributed by atoms with Gasteiger partial charge in [0, 0.05) is 43.3 Å². The van der Waals surface area contributed by atoms with Crippen LogP contribution in [0.2, 0.25) is 0 Å². The van der Waals surface area contributed by atoms with Crippen molar-refractivity contribution in [1.82, 2.24) is 14.8 Å². The van der Waals surface area contributed by atoms with E-state index in [1.165, 1.54) is 5.56 Å². The molecule has 2 aromatic heterocycles. The van der Waals surface area contributed by atoms with Gasteiger partial charge in [0.2, 0.25) is 0 Å². The Kier molecular flexibility index (Phi) is 3.31. The molecule has 3 rings (SSSR count). The lowest BCUT2D eigenvalue weighted by molar-refractivity contribution is 0.769. The Bertz CT molecular complexity index is 699. The van der Waals surface area contributed by atoms with E-state index in [1.54, 1.807) is 17.1 Å². The zero-order valence-electron chi connectivity index (χ0n) is 11.3. The molecule has 100 valence electrons. The third-order valence-corrected chi connectivity index (χ3v) is 3.30. The molecule has 0 fully saturated rings. The number of benzene rings is 1. The van der Waals surface area contributed by atoms with Gasteiger partial charge in [-0.05, 0) is 23.3 Å². The highest BCUT2D eigenvalue weighted by molar-refractivity contribution is 5.69. The summed E-state index contributed by atoms with van der Waals surface area (Å²) in [5.41, 5.74) is 11.2. The van der Waals surface area contributed by atoms with Gasteiger partial charge in [0.1, 0.15) is 0 Å². The first-order chi connectivity index (χ1) is 9.78. The minimum Gasteiger partial charge on any atom is -0.326 e. The van der Waals surface area contributed by atoms with Gasteiger partial charge in [-0.15, -0.1) is 0 Å². The van der Waals surface area contributed by atoms with Crippen LogP contribution in [-0.2, 0) is 13.6 Å². The molecule has 20 heavy (non-hydrogen) atoms. The van der Waals surface area contributed by atoms with E-state index in [2.05, 4.69) is 34.3 Å². The molecule has 0 aliphatic rings. The topological polar surface area (TPSA) is 56.7 Å². The Morgan fingerprint density at radius 1 is 0.950 bits per heavy atom. The van der Waals surface area contributed by atoms with Gasteiger partial charge < -0.3 is 5.73 Å². The van der Waals surface area contributed by atoms with Crippen molar-refractivity contribution < 1.29 is 0 Å². The van der Waals surface area contributed by atoms with Crippen molar-refractivity contribution in [3.05, 3.63) is 60.6 Å². The number of nitrogens with zero attached hydrogens (tertiary/aromatic N) is 3. The monoisotopic (exact) mass is 264 g/mol. The smallest absolute Gasteiger partial charge is 0.0967 e. The van der Waals surface area contributed by atoms with Crippen molar-refractivity contribution in [2.75, 3.05) is 0 Å². The highest BCUT2D eigenvalue weighted by Gasteiger charge is 2.08. The summed E-state index contributed by atoms with van der Waals surface area (Å²) in [6.07, 6.45) is 5.56. The maximum Gasteiger partial charge on any atom is 0.0967 e. The van der Waals surface area contributed by atoms with Crippen molar-refractivity contribution in [1.29, 1.82) is 0 Å². The molecule has 0 spiro atoms. The summed E-state index contributed by atoms with van der Waals surface area (Å²) in [5, 5.41) is 4.48. The van der Waals surface area contributed by atoms with Gasteiger partial charge >= 0.3 is 0 Å². The molecule has 0 unspecified atom stereocenters. The molecule has 0 bridgehead atoms. The van der Waals surface area contributed by atoms with Gasteiger partial charge in [0.05, 0.1) is 5.69 Å². The number of hydrogen-bond acceptors (Lipinski definition) is 3. The molecule has 0 saturated carbocycles. The number of aryl methyl sites for hydroxylation is 1. The number of rotatable bonds is 3. The van der Waals surface area contributed by atoms with E-state index in [0.29, 0.717) is 6.54 Å². The Morgan fingerprint density at radius 3 is 2.20 bits per heavy atom. The predicted molar refractivity (Wildman–Crippen MR) is 79.8 cm³/mol. The highest BCUT2D eigenvalue weighted by atomic mass is 15.3. The van der Waals surface area contributed by atoms with Crippen LogP contribution in [0.1, 0.15) is 5.56 Å². The standard InChI is InChI=1S/C16H16N4/c1-20-11-15(10-17)16(19-20)14-4-2-12(3-5-14)13-6-8-18-9-7-13/h2-9,11H,10,17H2,1H3. The van der Waals surface area contributed by atoms with Gasteiger partial charge in [-0.3, -0.25) is 9.67 Å². The number of nitrogens with two attached hydrogens (primary N) is 1. The molecule has 0 radical (unpaired) electrons. The zero-order chi connectivity index (χ0) is 13.9. The Balaban J connectivity index is 1.97. The summed E-state index contributed by atoms with van der Waals surface area (Å²) < 4.78 is 1.80. The van der Waals surface area contributed by atoms with E-state index in [1.807, 2.05) is 25.4 Å². The van der Waals surface area contributed by atoms with E-state index in [9.17, 15) is 0 Å². The van der Waals surface area contributed by atoms with Crippen molar-refractivity contribution in [2.45, 2.75) is 6.54 Å². The molecule has 4 nitrogen and oxygen atoms in total. The number of hydrogen-bond donors (Lipinski definition) is 1. The summed E-state index contributed by atoms with van der Waals surface area (Å²) in [6.45, 7) is 0.495. The third-order valence-electron chi connectivity index (χ3n) is 3.30. The second kappa shape index (κ2) is 5.27. The average Bonchev–Trinajstić information content (AvgIpc) is 2.89. The largest absolute Gasteiger partial charge is 0.326 e. The van der Waals surface area contributed by atoms with E-state index in [-0.39, 0.29) is 0 Å². The molecule has 4 heteroatoms. The minimum absolute atomic E-state index is 0.495. The van der Waals surface area contributed by atoms with Crippen LogP contribution in [0.3, 0.4) is 0 Å². The lowest BCUT2D eigenvalue weighted by atomic mass is 10.0. The van der Waals surface area contributed by atoms with Crippen molar-refractivity contribution in [2.24, 2.45) is 12.8 Å². The summed E-state index contributed by atoms with van der Waals surface area (Å²) in [6, 6.07) is 12.4. The van der Waals surface area contributed by atoms with Gasteiger partial charge in [0.15, 0.2) is 0 Å². The summed E-state index contributed by atoms with van der Waals surface area (Å²) in [5.74, 6) is 0. The maximum atomic E-state index is 5.76. The van der Waals surface area contributed by atoms with Gasteiger partial charge in [-0.25, -0.2) is 0 Å². The first-order valence-electron chi connectivity index (χ1n) is 6.51. The second-order valence-electron chi connectivity index (χ2n) is 4.69. The lowest BCUT2D eigenvalue weighted by Crippen LogP contribution is -1.96. The van der Waals surface area contributed by atoms with Crippen molar-refractivity contribution in [3.8, 4) is 22.4 Å². The molecular formula is C16H16N4. The fourth-order valence-electron chi connectivity index (χ4n) is 2.29. The van der Waals surface area contributed by atoms with Crippen LogP contribution >= 0.6 is 0 Å². The van der Waals surface area contributed by atoms with Crippen LogP contribution in [0, 0.1) is 0 Å². The Hall–Kier alpha value is -2.46. The van der Waals surface area contributed by atoms with Crippen LogP contribution < -0.4 is 5.73 Å². The quantitative estimate of drug-likeness (QED) is 0.791. The summed E-state index contributed by atoms with van der Waals surface area (Å²) >= 11 is 0. The molecule has 2 N–H and O–H groups in total. The first kappa shape index (κ1) is 12.6. The van der Waals surface area contributed by atoms with Gasteiger partial charge in [-0.2, -0.15) is 5.10 Å². The van der Waals surface area contributed by atoms with Crippen LogP contribution in [0.25, 0.3) is 22.4 Å². The van der Waals surface area contributed by atoms with E-state index in [4.69, 9.17) is 5.73 Å². The first-order valence-corrected chi connectivity index (χ1v) is 6.51. The highest BCUT2D eigenvalue weighted by Crippen LogP contribution is 2.25. The van der Waals surface area contributed by atoms with Crippen LogP contribution in [0.5, 0.6) is 0 Å². The molecule has 0 atom stereocenters. The predicted octanol–water partition coefficient (Wildman–Crippen LogP) is 2.61. The summed E-state index contributed by atoms with van der Waals surface area (Å²) in [4.78, 5) is 4.03. The van der Waals surface area contributed by atoms with Crippen molar-refractivity contribution in [3.63, 3.8) is 0 Å². The van der Waals surface area contributed by atoms with E-state index >= 15 is 0 Å². The van der Waals surface area contributed by atoms with Crippen LogP contribution in [0.15, 0.2) is 55.0 Å². The van der Waals surface area contributed by atoms with E-state index < -0.39 is 0 Å². The number of aromatic nitrogens is 3. The van der Waals surface area contributed by atoms with Gasteiger partial charge in [-0.1, -0.05) is 24.3 Å². The Labute approximate surface area is 117 Å². The van der Waals surface area contributed by atoms with Gasteiger partial charge in [0.25, 0.3) is 0 Å². The third kappa shape index (κ3) is 2.33. The fraction of sp³-hybridized carbons (Fsp3) is 0.125. The molecule has 0 amide bonds. The van der Waals surface area contributed by atoms with E-state index in [0.717, 1.165) is 22.4 Å². The molecular weight excluding hydrogens is 248 g/mol. The molecule has 0 aliphatic carbocycles. The minimum atomic E-state index is 0.495. The normalized spacial score (nSPS) is 10.7.